The van der Waals surface area contributed by atoms with Gasteiger partial charge in [-0.2, -0.15) is 0 Å². The zero-order chi connectivity index (χ0) is 10.7. The summed E-state index contributed by atoms with van der Waals surface area (Å²) in [6.07, 6.45) is 7.56. The second-order valence-electron chi connectivity index (χ2n) is 4.58. The first-order valence-corrected chi connectivity index (χ1v) is 5.82. The highest BCUT2D eigenvalue weighted by Crippen LogP contribution is 2.27. The molecule has 1 aliphatic carbocycles. The molecule has 0 radical (unpaired) electrons. The molecule has 0 unspecified atom stereocenters. The first-order chi connectivity index (χ1) is 7.23. The molecule has 0 aromatic carbocycles. The SMILES string of the molecule is O=C1CNC2(CCCCCCC2)C(=O)N1. The van der Waals surface area contributed by atoms with E-state index in [2.05, 4.69) is 10.6 Å². The van der Waals surface area contributed by atoms with Gasteiger partial charge in [0.15, 0.2) is 0 Å². The van der Waals surface area contributed by atoms with E-state index in [1.807, 2.05) is 0 Å². The predicted octanol–water partition coefficient (Wildman–Crippen LogP) is 0.715. The number of hydrogen-bond donors (Lipinski definition) is 2. The molecule has 2 amide bonds. The molecule has 84 valence electrons. The molecule has 1 saturated carbocycles. The Bertz CT molecular complexity index is 268. The first kappa shape index (κ1) is 10.6. The van der Waals surface area contributed by atoms with E-state index in [9.17, 15) is 9.59 Å². The number of carbonyl (C=O) groups is 2. The molecule has 1 spiro atoms. The van der Waals surface area contributed by atoms with Crippen LogP contribution in [0.1, 0.15) is 44.9 Å². The number of piperazine rings is 1. The normalized spacial score (nSPS) is 26.9. The Kier molecular flexibility index (Phi) is 3.05. The second kappa shape index (κ2) is 4.31. The molecule has 2 N–H and O–H groups in total. The average Bonchev–Trinajstić information content (AvgIpc) is 2.15. The molecule has 0 aromatic rings. The fourth-order valence-electron chi connectivity index (χ4n) is 2.53. The van der Waals surface area contributed by atoms with Crippen LogP contribution in [0.2, 0.25) is 0 Å². The molecule has 2 rings (SSSR count). The fraction of sp³-hybridized carbons (Fsp3) is 0.818. The highest BCUT2D eigenvalue weighted by molar-refractivity contribution is 6.03. The lowest BCUT2D eigenvalue weighted by Crippen LogP contribution is -2.65. The molecule has 2 aliphatic rings. The van der Waals surface area contributed by atoms with Gasteiger partial charge in [-0.25, -0.2) is 0 Å². The number of rotatable bonds is 0. The van der Waals surface area contributed by atoms with Crippen LogP contribution in [-0.4, -0.2) is 23.9 Å². The fourth-order valence-corrected chi connectivity index (χ4v) is 2.53. The van der Waals surface area contributed by atoms with E-state index in [4.69, 9.17) is 0 Å². The average molecular weight is 210 g/mol. The summed E-state index contributed by atoms with van der Waals surface area (Å²) in [6.45, 7) is 0.283. The third-order valence-electron chi connectivity index (χ3n) is 3.48. The second-order valence-corrected chi connectivity index (χ2v) is 4.58. The van der Waals surface area contributed by atoms with E-state index >= 15 is 0 Å². The van der Waals surface area contributed by atoms with Gasteiger partial charge in [0, 0.05) is 0 Å². The van der Waals surface area contributed by atoms with Gasteiger partial charge in [0.05, 0.1) is 12.1 Å². The largest absolute Gasteiger partial charge is 0.295 e. The van der Waals surface area contributed by atoms with Gasteiger partial charge in [0.1, 0.15) is 0 Å². The van der Waals surface area contributed by atoms with Crippen molar-refractivity contribution >= 4 is 11.8 Å². The van der Waals surface area contributed by atoms with E-state index in [0.29, 0.717) is 0 Å². The Morgan fingerprint density at radius 2 is 1.53 bits per heavy atom. The lowest BCUT2D eigenvalue weighted by molar-refractivity contribution is -0.139. The third-order valence-corrected chi connectivity index (χ3v) is 3.48. The van der Waals surface area contributed by atoms with Crippen LogP contribution in [-0.2, 0) is 9.59 Å². The Morgan fingerprint density at radius 1 is 0.933 bits per heavy atom. The smallest absolute Gasteiger partial charge is 0.246 e. The van der Waals surface area contributed by atoms with E-state index in [1.54, 1.807) is 0 Å². The van der Waals surface area contributed by atoms with Crippen LogP contribution in [0.15, 0.2) is 0 Å². The van der Waals surface area contributed by atoms with Crippen LogP contribution >= 0.6 is 0 Å². The van der Waals surface area contributed by atoms with Crippen molar-refractivity contribution in [1.82, 2.24) is 10.6 Å². The van der Waals surface area contributed by atoms with Crippen molar-refractivity contribution in [2.24, 2.45) is 0 Å². The maximum absolute atomic E-state index is 11.9. The topological polar surface area (TPSA) is 58.2 Å². The van der Waals surface area contributed by atoms with Crippen molar-refractivity contribution in [1.29, 1.82) is 0 Å². The van der Waals surface area contributed by atoms with Crippen LogP contribution < -0.4 is 10.6 Å². The third kappa shape index (κ3) is 2.20. The Balaban J connectivity index is 2.08. The van der Waals surface area contributed by atoms with Gasteiger partial charge in [-0.15, -0.1) is 0 Å². The maximum Gasteiger partial charge on any atom is 0.246 e. The predicted molar refractivity (Wildman–Crippen MR) is 56.2 cm³/mol. The van der Waals surface area contributed by atoms with E-state index in [-0.39, 0.29) is 18.4 Å². The summed E-state index contributed by atoms with van der Waals surface area (Å²) < 4.78 is 0. The van der Waals surface area contributed by atoms with E-state index < -0.39 is 5.54 Å². The van der Waals surface area contributed by atoms with Crippen molar-refractivity contribution in [3.05, 3.63) is 0 Å². The van der Waals surface area contributed by atoms with Gasteiger partial charge >= 0.3 is 0 Å². The summed E-state index contributed by atoms with van der Waals surface area (Å²) in [4.78, 5) is 22.9. The van der Waals surface area contributed by atoms with Crippen molar-refractivity contribution in [2.75, 3.05) is 6.54 Å². The lowest BCUT2D eigenvalue weighted by atomic mass is 9.82. The number of amides is 2. The van der Waals surface area contributed by atoms with Crippen molar-refractivity contribution in [2.45, 2.75) is 50.5 Å². The Hall–Kier alpha value is -0.900. The van der Waals surface area contributed by atoms with E-state index in [0.717, 1.165) is 25.7 Å². The minimum atomic E-state index is -0.450. The molecular weight excluding hydrogens is 192 g/mol. The molecule has 1 aliphatic heterocycles. The summed E-state index contributed by atoms with van der Waals surface area (Å²) in [5.74, 6) is -0.312. The van der Waals surface area contributed by atoms with E-state index in [1.165, 1.54) is 19.3 Å². The minimum Gasteiger partial charge on any atom is -0.295 e. The van der Waals surface area contributed by atoms with Crippen molar-refractivity contribution < 1.29 is 9.59 Å². The van der Waals surface area contributed by atoms with Crippen LogP contribution in [0.5, 0.6) is 0 Å². The summed E-state index contributed by atoms with van der Waals surface area (Å²) in [5.41, 5.74) is -0.450. The molecule has 2 fully saturated rings. The van der Waals surface area contributed by atoms with Crippen LogP contribution in [0.4, 0.5) is 0 Å². The molecule has 1 heterocycles. The summed E-state index contributed by atoms with van der Waals surface area (Å²) >= 11 is 0. The molecule has 15 heavy (non-hydrogen) atoms. The monoisotopic (exact) mass is 210 g/mol. The van der Waals surface area contributed by atoms with Crippen LogP contribution in [0, 0.1) is 0 Å². The molecular formula is C11H18N2O2. The number of nitrogens with one attached hydrogen (secondary N) is 2. The number of carbonyl (C=O) groups excluding carboxylic acids is 2. The first-order valence-electron chi connectivity index (χ1n) is 5.82. The summed E-state index contributed by atoms with van der Waals surface area (Å²) in [7, 11) is 0. The molecule has 0 aromatic heterocycles. The summed E-state index contributed by atoms with van der Waals surface area (Å²) in [6, 6.07) is 0. The zero-order valence-corrected chi connectivity index (χ0v) is 8.97. The lowest BCUT2D eigenvalue weighted by Gasteiger charge is -2.37. The highest BCUT2D eigenvalue weighted by atomic mass is 16.2. The van der Waals surface area contributed by atoms with Crippen molar-refractivity contribution in [3.63, 3.8) is 0 Å². The van der Waals surface area contributed by atoms with Crippen LogP contribution in [0.25, 0.3) is 0 Å². The van der Waals surface area contributed by atoms with Crippen molar-refractivity contribution in [3.8, 4) is 0 Å². The highest BCUT2D eigenvalue weighted by Gasteiger charge is 2.41. The molecule has 0 atom stereocenters. The van der Waals surface area contributed by atoms with Gasteiger partial charge in [0.25, 0.3) is 0 Å². The van der Waals surface area contributed by atoms with Gasteiger partial charge in [-0.05, 0) is 12.8 Å². The number of hydrogen-bond acceptors (Lipinski definition) is 3. The minimum absolute atomic E-state index is 0.111. The van der Waals surface area contributed by atoms with Gasteiger partial charge in [-0.3, -0.25) is 20.2 Å². The quantitative estimate of drug-likeness (QED) is 0.579. The molecule has 4 heteroatoms. The van der Waals surface area contributed by atoms with Crippen LogP contribution in [0.3, 0.4) is 0 Å². The summed E-state index contributed by atoms with van der Waals surface area (Å²) in [5, 5.41) is 5.59. The molecule has 0 bridgehead atoms. The molecule has 4 nitrogen and oxygen atoms in total. The van der Waals surface area contributed by atoms with Gasteiger partial charge in [0.2, 0.25) is 11.8 Å². The van der Waals surface area contributed by atoms with Gasteiger partial charge < -0.3 is 0 Å². The standard InChI is InChI=1S/C11H18N2O2/c14-9-8-12-11(10(15)13-9)6-4-2-1-3-5-7-11/h12H,1-8H2,(H,13,14,15). The maximum atomic E-state index is 11.9. The Labute approximate surface area is 89.8 Å². The molecule has 1 saturated heterocycles. The van der Waals surface area contributed by atoms with Gasteiger partial charge in [-0.1, -0.05) is 32.1 Å². The zero-order valence-electron chi connectivity index (χ0n) is 8.97. The number of imide groups is 1. The Morgan fingerprint density at radius 3 is 2.13 bits per heavy atom.